The molecule has 0 saturated heterocycles. The van der Waals surface area contributed by atoms with Gasteiger partial charge in [-0.1, -0.05) is 0 Å². The number of aromatic nitrogens is 3. The molecule has 0 radical (unpaired) electrons. The lowest BCUT2D eigenvalue weighted by Crippen LogP contribution is -2.13. The van der Waals surface area contributed by atoms with Crippen molar-refractivity contribution in [2.45, 2.75) is 25.8 Å². The van der Waals surface area contributed by atoms with Gasteiger partial charge in [0.25, 0.3) is 0 Å². The number of unbranched alkanes of at least 4 members (excludes halogenated alkanes) is 1. The standard InChI is InChI=1S/C21H25FN4O2/c1-25(2)10-4-5-11-26-20-7-6-16(22)13-18(20)19(24-26)12-15-14-23-9-8-17(15)21(27)28-3/h6-9,13-14H,4-5,10-12H2,1-3H3. The van der Waals surface area contributed by atoms with Crippen LogP contribution in [0.2, 0.25) is 0 Å². The molecule has 0 amide bonds. The average Bonchev–Trinajstić information content (AvgIpc) is 3.01. The predicted molar refractivity (Wildman–Crippen MR) is 106 cm³/mol. The molecule has 0 atom stereocenters. The summed E-state index contributed by atoms with van der Waals surface area (Å²) in [5.74, 6) is -0.726. The van der Waals surface area contributed by atoms with Crippen molar-refractivity contribution in [3.8, 4) is 0 Å². The number of ether oxygens (including phenoxy) is 1. The second-order valence-corrected chi connectivity index (χ2v) is 7.04. The Morgan fingerprint density at radius 3 is 2.82 bits per heavy atom. The number of methoxy groups -OCH3 is 1. The van der Waals surface area contributed by atoms with E-state index in [1.54, 1.807) is 24.5 Å². The van der Waals surface area contributed by atoms with E-state index in [2.05, 4.69) is 24.0 Å². The highest BCUT2D eigenvalue weighted by Gasteiger charge is 2.17. The van der Waals surface area contributed by atoms with Crippen molar-refractivity contribution in [3.63, 3.8) is 0 Å². The number of esters is 1. The van der Waals surface area contributed by atoms with Gasteiger partial charge in [0.05, 0.1) is 23.9 Å². The Bertz CT molecular complexity index is 968. The van der Waals surface area contributed by atoms with E-state index in [0.717, 1.165) is 42.5 Å². The summed E-state index contributed by atoms with van der Waals surface area (Å²) in [4.78, 5) is 18.3. The summed E-state index contributed by atoms with van der Waals surface area (Å²) < 4.78 is 20.7. The number of carbonyl (C=O) groups is 1. The molecule has 6 nitrogen and oxygen atoms in total. The van der Waals surface area contributed by atoms with Crippen LogP contribution in [0.4, 0.5) is 4.39 Å². The molecule has 2 heterocycles. The van der Waals surface area contributed by atoms with Crippen LogP contribution in [0.3, 0.4) is 0 Å². The van der Waals surface area contributed by atoms with Crippen molar-refractivity contribution in [2.24, 2.45) is 0 Å². The molecule has 0 N–H and O–H groups in total. The molecule has 0 fully saturated rings. The smallest absolute Gasteiger partial charge is 0.338 e. The van der Waals surface area contributed by atoms with E-state index in [1.807, 2.05) is 4.68 Å². The third kappa shape index (κ3) is 4.54. The summed E-state index contributed by atoms with van der Waals surface area (Å²) >= 11 is 0. The van der Waals surface area contributed by atoms with Gasteiger partial charge in [0.1, 0.15) is 5.82 Å². The van der Waals surface area contributed by atoms with Crippen LogP contribution in [-0.2, 0) is 17.7 Å². The van der Waals surface area contributed by atoms with Gasteiger partial charge in [0, 0.05) is 30.7 Å². The van der Waals surface area contributed by atoms with Crippen molar-refractivity contribution < 1.29 is 13.9 Å². The van der Waals surface area contributed by atoms with Gasteiger partial charge in [-0.2, -0.15) is 5.10 Å². The topological polar surface area (TPSA) is 60.2 Å². The van der Waals surface area contributed by atoms with E-state index in [-0.39, 0.29) is 5.82 Å². The molecular weight excluding hydrogens is 359 g/mol. The fourth-order valence-corrected chi connectivity index (χ4v) is 3.27. The Morgan fingerprint density at radius 1 is 1.25 bits per heavy atom. The van der Waals surface area contributed by atoms with Crippen LogP contribution in [0.15, 0.2) is 36.7 Å². The molecule has 7 heteroatoms. The Morgan fingerprint density at radius 2 is 2.07 bits per heavy atom. The van der Waals surface area contributed by atoms with Crippen LogP contribution in [0, 0.1) is 5.82 Å². The first-order chi connectivity index (χ1) is 13.5. The monoisotopic (exact) mass is 384 g/mol. The molecule has 0 bridgehead atoms. The summed E-state index contributed by atoms with van der Waals surface area (Å²) in [6.45, 7) is 1.77. The van der Waals surface area contributed by atoms with Gasteiger partial charge in [-0.25, -0.2) is 9.18 Å². The van der Waals surface area contributed by atoms with E-state index in [0.29, 0.717) is 17.5 Å². The van der Waals surface area contributed by atoms with Crippen LogP contribution in [0.5, 0.6) is 0 Å². The number of hydrogen-bond donors (Lipinski definition) is 0. The highest BCUT2D eigenvalue weighted by atomic mass is 19.1. The van der Waals surface area contributed by atoms with E-state index in [9.17, 15) is 9.18 Å². The lowest BCUT2D eigenvalue weighted by molar-refractivity contribution is 0.0599. The maximum atomic E-state index is 13.9. The third-order valence-corrected chi connectivity index (χ3v) is 4.68. The zero-order chi connectivity index (χ0) is 20.1. The van der Waals surface area contributed by atoms with Gasteiger partial charge < -0.3 is 9.64 Å². The molecule has 0 saturated carbocycles. The molecule has 0 aliphatic carbocycles. The van der Waals surface area contributed by atoms with Crippen molar-refractivity contribution >= 4 is 16.9 Å². The number of rotatable bonds is 8. The van der Waals surface area contributed by atoms with Gasteiger partial charge in [-0.3, -0.25) is 9.67 Å². The fourth-order valence-electron chi connectivity index (χ4n) is 3.27. The highest BCUT2D eigenvalue weighted by molar-refractivity contribution is 5.91. The Labute approximate surface area is 163 Å². The average molecular weight is 384 g/mol. The van der Waals surface area contributed by atoms with Crippen LogP contribution in [-0.4, -0.2) is 53.4 Å². The third-order valence-electron chi connectivity index (χ3n) is 4.68. The molecule has 0 aliphatic heterocycles. The molecule has 28 heavy (non-hydrogen) atoms. The minimum Gasteiger partial charge on any atom is -0.465 e. The van der Waals surface area contributed by atoms with Gasteiger partial charge in [-0.15, -0.1) is 0 Å². The van der Waals surface area contributed by atoms with E-state index < -0.39 is 5.97 Å². The minimum atomic E-state index is -0.420. The maximum Gasteiger partial charge on any atom is 0.338 e. The summed E-state index contributed by atoms with van der Waals surface area (Å²) in [7, 11) is 5.45. The zero-order valence-corrected chi connectivity index (χ0v) is 16.5. The molecule has 0 unspecified atom stereocenters. The first-order valence-corrected chi connectivity index (χ1v) is 9.30. The Hall–Kier alpha value is -2.80. The normalized spacial score (nSPS) is 11.3. The van der Waals surface area contributed by atoms with Gasteiger partial charge in [0.2, 0.25) is 0 Å². The van der Waals surface area contributed by atoms with Crippen molar-refractivity contribution in [2.75, 3.05) is 27.7 Å². The van der Waals surface area contributed by atoms with E-state index in [4.69, 9.17) is 9.84 Å². The Kier molecular flexibility index (Phi) is 6.36. The van der Waals surface area contributed by atoms with Gasteiger partial charge in [-0.05, 0) is 63.3 Å². The van der Waals surface area contributed by atoms with Gasteiger partial charge >= 0.3 is 5.97 Å². The predicted octanol–water partition coefficient (Wildman–Crippen LogP) is 3.29. The number of aryl methyl sites for hydroxylation is 1. The number of hydrogen-bond acceptors (Lipinski definition) is 5. The largest absolute Gasteiger partial charge is 0.465 e. The lowest BCUT2D eigenvalue weighted by Gasteiger charge is -2.09. The number of carbonyl (C=O) groups excluding carboxylic acids is 1. The Balaban J connectivity index is 1.91. The number of benzene rings is 1. The second kappa shape index (κ2) is 8.93. The van der Waals surface area contributed by atoms with Crippen LogP contribution in [0.1, 0.15) is 34.5 Å². The molecule has 2 aromatic heterocycles. The first-order valence-electron chi connectivity index (χ1n) is 9.30. The van der Waals surface area contributed by atoms with Crippen LogP contribution < -0.4 is 0 Å². The molecule has 1 aromatic carbocycles. The molecule has 148 valence electrons. The number of halogens is 1. The molecule has 0 spiro atoms. The quantitative estimate of drug-likeness (QED) is 0.441. The lowest BCUT2D eigenvalue weighted by atomic mass is 10.0. The number of nitrogens with zero attached hydrogens (tertiary/aromatic N) is 4. The van der Waals surface area contributed by atoms with E-state index >= 15 is 0 Å². The summed E-state index contributed by atoms with van der Waals surface area (Å²) in [5, 5.41) is 5.48. The second-order valence-electron chi connectivity index (χ2n) is 7.04. The number of pyridine rings is 1. The molecular formula is C21H25FN4O2. The SMILES string of the molecule is COC(=O)c1ccncc1Cc1nn(CCCCN(C)C)c2ccc(F)cc12. The van der Waals surface area contributed by atoms with Crippen molar-refractivity contribution in [3.05, 3.63) is 59.3 Å². The number of fused-ring (bicyclic) bond motifs is 1. The van der Waals surface area contributed by atoms with Gasteiger partial charge in [0.15, 0.2) is 0 Å². The van der Waals surface area contributed by atoms with E-state index in [1.165, 1.54) is 19.2 Å². The van der Waals surface area contributed by atoms with Crippen LogP contribution in [0.25, 0.3) is 10.9 Å². The zero-order valence-electron chi connectivity index (χ0n) is 16.5. The summed E-state index contributed by atoms with van der Waals surface area (Å²) in [6, 6.07) is 6.34. The van der Waals surface area contributed by atoms with Crippen molar-refractivity contribution in [1.82, 2.24) is 19.7 Å². The van der Waals surface area contributed by atoms with Crippen LogP contribution >= 0.6 is 0 Å². The first kappa shape index (κ1) is 19.9. The molecule has 3 rings (SSSR count). The molecule has 0 aliphatic rings. The highest BCUT2D eigenvalue weighted by Crippen LogP contribution is 2.24. The molecule has 3 aromatic rings. The minimum absolute atomic E-state index is 0.305. The van der Waals surface area contributed by atoms with Crippen molar-refractivity contribution in [1.29, 1.82) is 0 Å². The summed E-state index contributed by atoms with van der Waals surface area (Å²) in [5.41, 5.74) is 2.77. The summed E-state index contributed by atoms with van der Waals surface area (Å²) in [6.07, 6.45) is 5.60. The fraction of sp³-hybridized carbons (Fsp3) is 0.381. The maximum absolute atomic E-state index is 13.9.